The fourth-order valence-corrected chi connectivity index (χ4v) is 3.57. The van der Waals surface area contributed by atoms with Gasteiger partial charge in [0.15, 0.2) is 0 Å². The van der Waals surface area contributed by atoms with Crippen LogP contribution in [0.1, 0.15) is 36.5 Å². The van der Waals surface area contributed by atoms with Crippen LogP contribution < -0.4 is 4.83 Å². The number of benzene rings is 2. The van der Waals surface area contributed by atoms with E-state index in [9.17, 15) is 8.42 Å². The van der Waals surface area contributed by atoms with Crippen LogP contribution >= 0.6 is 0 Å². The van der Waals surface area contributed by atoms with Crippen molar-refractivity contribution >= 4 is 16.2 Å². The Kier molecular flexibility index (Phi) is 6.26. The Labute approximate surface area is 165 Å². The average molecular weight is 397 g/mol. The summed E-state index contributed by atoms with van der Waals surface area (Å²) in [4.78, 5) is 2.45. The molecule has 0 saturated heterocycles. The minimum Gasteiger partial charge on any atom is -0.277 e. The summed E-state index contributed by atoms with van der Waals surface area (Å²) in [7, 11) is -3.71. The Balaban J connectivity index is 1.70. The molecule has 28 heavy (non-hydrogen) atoms. The van der Waals surface area contributed by atoms with E-state index in [0.29, 0.717) is 5.56 Å². The van der Waals surface area contributed by atoms with E-state index < -0.39 is 10.0 Å². The monoisotopic (exact) mass is 396 g/mol. The lowest BCUT2D eigenvalue weighted by Gasteiger charge is -2.05. The number of nitrogens with one attached hydrogen (secondary N) is 2. The molecular formula is C21H24N4O2S. The summed E-state index contributed by atoms with van der Waals surface area (Å²) in [6.07, 6.45) is 6.20. The number of unbranched alkanes of at least 4 members (excludes halogenated alkanes) is 1. The highest BCUT2D eigenvalue weighted by Crippen LogP contribution is 2.20. The molecule has 7 heteroatoms. The smallest absolute Gasteiger partial charge is 0.276 e. The molecule has 0 aliphatic heterocycles. The van der Waals surface area contributed by atoms with Gasteiger partial charge in [-0.05, 0) is 37.5 Å². The number of rotatable bonds is 8. The Hall–Kier alpha value is -2.93. The van der Waals surface area contributed by atoms with Crippen LogP contribution in [0.15, 0.2) is 64.7 Å². The van der Waals surface area contributed by atoms with Crippen LogP contribution in [0, 0.1) is 6.92 Å². The number of aryl methyl sites for hydroxylation is 2. The number of aromatic nitrogens is 2. The molecule has 0 aliphatic carbocycles. The van der Waals surface area contributed by atoms with Gasteiger partial charge in [0, 0.05) is 11.1 Å². The number of hydrazone groups is 1. The molecule has 0 saturated carbocycles. The summed E-state index contributed by atoms with van der Waals surface area (Å²) in [5, 5.41) is 10.9. The van der Waals surface area contributed by atoms with Crippen LogP contribution in [-0.2, 0) is 16.4 Å². The zero-order valence-corrected chi connectivity index (χ0v) is 16.8. The topological polar surface area (TPSA) is 87.2 Å². The van der Waals surface area contributed by atoms with Crippen LogP contribution in [0.25, 0.3) is 11.3 Å². The quantitative estimate of drug-likeness (QED) is 0.445. The van der Waals surface area contributed by atoms with E-state index in [1.165, 1.54) is 6.21 Å². The van der Waals surface area contributed by atoms with Gasteiger partial charge in [-0.1, -0.05) is 55.3 Å². The molecule has 0 aliphatic rings. The molecular weight excluding hydrogens is 372 g/mol. The van der Waals surface area contributed by atoms with Gasteiger partial charge >= 0.3 is 0 Å². The maximum absolute atomic E-state index is 12.4. The molecule has 2 aromatic carbocycles. The van der Waals surface area contributed by atoms with Crippen molar-refractivity contribution in [3.05, 3.63) is 71.4 Å². The summed E-state index contributed by atoms with van der Waals surface area (Å²) in [5.74, 6) is 0. The van der Waals surface area contributed by atoms with Gasteiger partial charge in [0.1, 0.15) is 0 Å². The maximum Gasteiger partial charge on any atom is 0.276 e. The molecule has 1 heterocycles. The van der Waals surface area contributed by atoms with Crippen LogP contribution in [-0.4, -0.2) is 24.8 Å². The highest BCUT2D eigenvalue weighted by Gasteiger charge is 2.13. The third-order valence-electron chi connectivity index (χ3n) is 4.44. The van der Waals surface area contributed by atoms with Gasteiger partial charge in [0.05, 0.1) is 23.0 Å². The molecule has 0 amide bonds. The van der Waals surface area contributed by atoms with Crippen LogP contribution in [0.3, 0.4) is 0 Å². The van der Waals surface area contributed by atoms with Gasteiger partial charge in [-0.2, -0.15) is 18.6 Å². The summed E-state index contributed by atoms with van der Waals surface area (Å²) < 4.78 is 24.9. The third-order valence-corrected chi connectivity index (χ3v) is 5.68. The van der Waals surface area contributed by atoms with Gasteiger partial charge in [-0.25, -0.2) is 4.83 Å². The molecule has 2 N–H and O–H groups in total. The Morgan fingerprint density at radius 1 is 1.11 bits per heavy atom. The Bertz CT molecular complexity index is 1040. The first-order chi connectivity index (χ1) is 13.5. The van der Waals surface area contributed by atoms with Gasteiger partial charge in [0.25, 0.3) is 10.0 Å². The molecule has 0 unspecified atom stereocenters. The standard InChI is InChI=1S/C21H24N4O2S/c1-3-4-5-17-8-12-20(13-9-17)28(26,27)25-23-15-19-14-22-24-21(19)18-10-6-16(2)7-11-18/h6-15,25H,3-5H2,1-2H3,(H,22,24)/b23-15-. The highest BCUT2D eigenvalue weighted by molar-refractivity contribution is 7.89. The summed E-state index contributed by atoms with van der Waals surface area (Å²) in [6.45, 7) is 4.15. The number of aromatic amines is 1. The summed E-state index contributed by atoms with van der Waals surface area (Å²) >= 11 is 0. The van der Waals surface area contributed by atoms with Crippen molar-refractivity contribution in [1.82, 2.24) is 15.0 Å². The average Bonchev–Trinajstić information content (AvgIpc) is 3.15. The summed E-state index contributed by atoms with van der Waals surface area (Å²) in [6, 6.07) is 14.9. The lowest BCUT2D eigenvalue weighted by molar-refractivity contribution is 0.584. The summed E-state index contributed by atoms with van der Waals surface area (Å²) in [5.41, 5.74) is 4.72. The molecule has 0 spiro atoms. The van der Waals surface area contributed by atoms with Gasteiger partial charge < -0.3 is 0 Å². The van der Waals surface area contributed by atoms with Gasteiger partial charge in [-0.3, -0.25) is 5.10 Å². The molecule has 0 bridgehead atoms. The van der Waals surface area contributed by atoms with E-state index in [2.05, 4.69) is 27.1 Å². The van der Waals surface area contributed by atoms with Crippen molar-refractivity contribution in [1.29, 1.82) is 0 Å². The molecule has 3 aromatic rings. The lowest BCUT2D eigenvalue weighted by Crippen LogP contribution is -2.18. The highest BCUT2D eigenvalue weighted by atomic mass is 32.2. The molecule has 0 fully saturated rings. The SMILES string of the molecule is CCCCc1ccc(S(=O)(=O)N/N=C\c2cn[nH]c2-c2ccc(C)cc2)cc1. The normalized spacial score (nSPS) is 11.8. The number of nitrogens with zero attached hydrogens (tertiary/aromatic N) is 2. The predicted molar refractivity (Wildman–Crippen MR) is 112 cm³/mol. The first kappa shape index (κ1) is 19.8. The van der Waals surface area contributed by atoms with Crippen molar-refractivity contribution < 1.29 is 8.42 Å². The minimum absolute atomic E-state index is 0.191. The molecule has 0 atom stereocenters. The lowest BCUT2D eigenvalue weighted by atomic mass is 10.1. The fraction of sp³-hybridized carbons (Fsp3) is 0.238. The second-order valence-corrected chi connectivity index (χ2v) is 8.33. The van der Waals surface area contributed by atoms with E-state index in [0.717, 1.165) is 41.6 Å². The van der Waals surface area contributed by atoms with Crippen molar-refractivity contribution in [2.75, 3.05) is 0 Å². The van der Waals surface area contributed by atoms with Crippen molar-refractivity contribution in [2.24, 2.45) is 5.10 Å². The molecule has 6 nitrogen and oxygen atoms in total. The van der Waals surface area contributed by atoms with Crippen molar-refractivity contribution in [3.63, 3.8) is 0 Å². The first-order valence-electron chi connectivity index (χ1n) is 9.24. The molecule has 1 aromatic heterocycles. The second-order valence-electron chi connectivity index (χ2n) is 6.67. The third kappa shape index (κ3) is 4.86. The first-order valence-corrected chi connectivity index (χ1v) is 10.7. The second kappa shape index (κ2) is 8.84. The maximum atomic E-state index is 12.4. The fourth-order valence-electron chi connectivity index (χ4n) is 2.78. The van der Waals surface area contributed by atoms with Crippen molar-refractivity contribution in [2.45, 2.75) is 38.0 Å². The van der Waals surface area contributed by atoms with E-state index in [1.54, 1.807) is 18.3 Å². The minimum atomic E-state index is -3.71. The number of hydrogen-bond donors (Lipinski definition) is 2. The van der Waals surface area contributed by atoms with Gasteiger partial charge in [0.2, 0.25) is 0 Å². The molecule has 146 valence electrons. The van der Waals surface area contributed by atoms with E-state index in [1.807, 2.05) is 43.3 Å². The van der Waals surface area contributed by atoms with Crippen LogP contribution in [0.4, 0.5) is 0 Å². The Morgan fingerprint density at radius 3 is 2.50 bits per heavy atom. The zero-order valence-electron chi connectivity index (χ0n) is 16.0. The number of hydrogen-bond acceptors (Lipinski definition) is 4. The van der Waals surface area contributed by atoms with E-state index in [4.69, 9.17) is 0 Å². The number of H-pyrrole nitrogens is 1. The van der Waals surface area contributed by atoms with Crippen LogP contribution in [0.2, 0.25) is 0 Å². The van der Waals surface area contributed by atoms with Crippen molar-refractivity contribution in [3.8, 4) is 11.3 Å². The molecule has 3 rings (SSSR count). The van der Waals surface area contributed by atoms with Crippen LogP contribution in [0.5, 0.6) is 0 Å². The number of sulfonamides is 1. The van der Waals surface area contributed by atoms with E-state index >= 15 is 0 Å². The van der Waals surface area contributed by atoms with Gasteiger partial charge in [-0.15, -0.1) is 0 Å². The Morgan fingerprint density at radius 2 is 1.82 bits per heavy atom. The predicted octanol–water partition coefficient (Wildman–Crippen LogP) is 4.04. The largest absolute Gasteiger partial charge is 0.277 e. The molecule has 0 radical (unpaired) electrons. The van der Waals surface area contributed by atoms with E-state index in [-0.39, 0.29) is 4.90 Å². The zero-order chi connectivity index (χ0) is 20.0.